The third-order valence-corrected chi connectivity index (χ3v) is 5.29. The lowest BCUT2D eigenvalue weighted by molar-refractivity contribution is -0.130. The third-order valence-electron chi connectivity index (χ3n) is 4.02. The number of aryl methyl sites for hydroxylation is 1. The zero-order valence-electron chi connectivity index (χ0n) is 14.9. The number of anilines is 1. The van der Waals surface area contributed by atoms with Gasteiger partial charge in [-0.2, -0.15) is 0 Å². The molecule has 1 N–H and O–H groups in total. The lowest BCUT2D eigenvalue weighted by atomic mass is 10.1. The van der Waals surface area contributed by atoms with Crippen molar-refractivity contribution < 1.29 is 14.3 Å². The number of nitrogens with one attached hydrogen (secondary N) is 1. The van der Waals surface area contributed by atoms with Gasteiger partial charge in [-0.05, 0) is 48.2 Å². The van der Waals surface area contributed by atoms with Crippen LogP contribution in [0.25, 0.3) is 10.1 Å². The topological polar surface area (TPSA) is 58.6 Å². The van der Waals surface area contributed by atoms with Gasteiger partial charge in [-0.15, -0.1) is 11.3 Å². The van der Waals surface area contributed by atoms with Crippen molar-refractivity contribution in [3.05, 3.63) is 59.0 Å². The molecule has 3 aromatic rings. The molecule has 0 aliphatic carbocycles. The Bertz CT molecular complexity index is 945. The zero-order valence-corrected chi connectivity index (χ0v) is 15.7. The first-order chi connectivity index (χ1) is 12.5. The molecule has 6 heteroatoms. The number of amides is 2. The Morgan fingerprint density at radius 1 is 1.08 bits per heavy atom. The molecule has 0 atom stereocenters. The van der Waals surface area contributed by atoms with Crippen molar-refractivity contribution in [3.8, 4) is 5.75 Å². The highest BCUT2D eigenvalue weighted by Gasteiger charge is 2.15. The lowest BCUT2D eigenvalue weighted by Gasteiger charge is -2.11. The Kier molecular flexibility index (Phi) is 5.23. The maximum atomic E-state index is 12.6. The van der Waals surface area contributed by atoms with Gasteiger partial charge in [0.15, 0.2) is 6.61 Å². The number of ether oxygens (including phenoxy) is 1. The van der Waals surface area contributed by atoms with E-state index < -0.39 is 0 Å². The molecular formula is C20H20N2O3S. The molecule has 0 unspecified atom stereocenters. The van der Waals surface area contributed by atoms with Crippen molar-refractivity contribution in [2.24, 2.45) is 0 Å². The van der Waals surface area contributed by atoms with Crippen LogP contribution in [0.5, 0.6) is 5.75 Å². The van der Waals surface area contributed by atoms with Crippen LogP contribution in [0.2, 0.25) is 0 Å². The maximum Gasteiger partial charge on any atom is 0.266 e. The zero-order chi connectivity index (χ0) is 18.7. The fourth-order valence-electron chi connectivity index (χ4n) is 2.49. The largest absolute Gasteiger partial charge is 0.484 e. The highest BCUT2D eigenvalue weighted by molar-refractivity contribution is 7.21. The molecule has 0 aliphatic rings. The van der Waals surface area contributed by atoms with Crippen LogP contribution in [0.1, 0.15) is 15.2 Å². The van der Waals surface area contributed by atoms with Crippen LogP contribution in [0.3, 0.4) is 0 Å². The van der Waals surface area contributed by atoms with E-state index in [9.17, 15) is 9.59 Å². The lowest BCUT2D eigenvalue weighted by Crippen LogP contribution is -2.27. The molecule has 0 aliphatic heterocycles. The van der Waals surface area contributed by atoms with E-state index in [4.69, 9.17) is 4.74 Å². The predicted molar refractivity (Wildman–Crippen MR) is 105 cm³/mol. The van der Waals surface area contributed by atoms with Crippen LogP contribution < -0.4 is 10.1 Å². The molecule has 0 spiro atoms. The molecule has 0 radical (unpaired) electrons. The number of hydrogen-bond donors (Lipinski definition) is 1. The Morgan fingerprint density at radius 3 is 2.42 bits per heavy atom. The SMILES string of the molecule is Cc1c(C(=O)Nc2ccc(OCC(=O)N(C)C)cc2)sc2ccccc12. The number of thiophene rings is 1. The van der Waals surface area contributed by atoms with E-state index in [0.717, 1.165) is 15.6 Å². The maximum absolute atomic E-state index is 12.6. The molecule has 3 rings (SSSR count). The monoisotopic (exact) mass is 368 g/mol. The first-order valence-electron chi connectivity index (χ1n) is 8.18. The minimum atomic E-state index is -0.125. The minimum Gasteiger partial charge on any atom is -0.484 e. The van der Waals surface area contributed by atoms with E-state index in [-0.39, 0.29) is 18.4 Å². The van der Waals surface area contributed by atoms with Crippen molar-refractivity contribution in [3.63, 3.8) is 0 Å². The van der Waals surface area contributed by atoms with E-state index in [0.29, 0.717) is 16.3 Å². The van der Waals surface area contributed by atoms with Crippen LogP contribution in [-0.2, 0) is 4.79 Å². The Morgan fingerprint density at radius 2 is 1.77 bits per heavy atom. The summed E-state index contributed by atoms with van der Waals surface area (Å²) in [6.45, 7) is 1.95. The van der Waals surface area contributed by atoms with Gasteiger partial charge >= 0.3 is 0 Å². The highest BCUT2D eigenvalue weighted by Crippen LogP contribution is 2.31. The molecule has 1 heterocycles. The molecule has 2 amide bonds. The summed E-state index contributed by atoms with van der Waals surface area (Å²) in [6.07, 6.45) is 0. The standard InChI is InChI=1S/C20H20N2O3S/c1-13-16-6-4-5-7-17(16)26-19(13)20(24)21-14-8-10-15(11-9-14)25-12-18(23)22(2)3/h4-11H,12H2,1-3H3,(H,21,24). The van der Waals surface area contributed by atoms with E-state index in [1.807, 2.05) is 31.2 Å². The minimum absolute atomic E-state index is 0.0142. The van der Waals surface area contributed by atoms with Gasteiger partial charge < -0.3 is 15.0 Å². The van der Waals surface area contributed by atoms with Gasteiger partial charge in [0.2, 0.25) is 0 Å². The smallest absolute Gasteiger partial charge is 0.266 e. The van der Waals surface area contributed by atoms with E-state index in [1.165, 1.54) is 16.2 Å². The summed E-state index contributed by atoms with van der Waals surface area (Å²) in [6, 6.07) is 15.0. The molecular weight excluding hydrogens is 348 g/mol. The normalized spacial score (nSPS) is 10.6. The Hall–Kier alpha value is -2.86. The first kappa shape index (κ1) is 17.9. The van der Waals surface area contributed by atoms with Crippen LogP contribution in [0.15, 0.2) is 48.5 Å². The van der Waals surface area contributed by atoms with Gasteiger partial charge in [-0.25, -0.2) is 0 Å². The summed E-state index contributed by atoms with van der Waals surface area (Å²) in [5.41, 5.74) is 1.67. The van der Waals surface area contributed by atoms with Crippen molar-refractivity contribution >= 4 is 38.9 Å². The molecule has 0 saturated heterocycles. The van der Waals surface area contributed by atoms with Gasteiger partial charge in [0.25, 0.3) is 11.8 Å². The van der Waals surface area contributed by atoms with Crippen molar-refractivity contribution in [1.29, 1.82) is 0 Å². The number of likely N-dealkylation sites (N-methyl/N-ethyl adjacent to an activating group) is 1. The molecule has 134 valence electrons. The van der Waals surface area contributed by atoms with Gasteiger partial charge in [0, 0.05) is 24.5 Å². The van der Waals surface area contributed by atoms with E-state index in [1.54, 1.807) is 38.4 Å². The summed E-state index contributed by atoms with van der Waals surface area (Å²) in [7, 11) is 3.36. The van der Waals surface area contributed by atoms with Gasteiger partial charge in [0.05, 0.1) is 4.88 Å². The quantitative estimate of drug-likeness (QED) is 0.742. The van der Waals surface area contributed by atoms with Crippen molar-refractivity contribution in [2.75, 3.05) is 26.0 Å². The van der Waals surface area contributed by atoms with Crippen LogP contribution in [0.4, 0.5) is 5.69 Å². The number of carbonyl (C=O) groups excluding carboxylic acids is 2. The molecule has 0 bridgehead atoms. The average molecular weight is 368 g/mol. The molecule has 0 fully saturated rings. The second-order valence-corrected chi connectivity index (χ2v) is 7.16. The van der Waals surface area contributed by atoms with Crippen molar-refractivity contribution in [2.45, 2.75) is 6.92 Å². The number of rotatable bonds is 5. The van der Waals surface area contributed by atoms with E-state index in [2.05, 4.69) is 5.32 Å². The fourth-order valence-corrected chi connectivity index (χ4v) is 3.59. The predicted octanol–water partition coefficient (Wildman–Crippen LogP) is 3.93. The summed E-state index contributed by atoms with van der Waals surface area (Å²) >= 11 is 1.49. The van der Waals surface area contributed by atoms with E-state index >= 15 is 0 Å². The third kappa shape index (κ3) is 3.86. The summed E-state index contributed by atoms with van der Waals surface area (Å²) in [5, 5.41) is 4.02. The second kappa shape index (κ2) is 7.58. The summed E-state index contributed by atoms with van der Waals surface area (Å²) < 4.78 is 6.53. The number of fused-ring (bicyclic) bond motifs is 1. The average Bonchev–Trinajstić information content (AvgIpc) is 2.98. The molecule has 26 heavy (non-hydrogen) atoms. The Balaban J connectivity index is 1.67. The molecule has 5 nitrogen and oxygen atoms in total. The fraction of sp³-hybridized carbons (Fsp3) is 0.200. The van der Waals surface area contributed by atoms with Gasteiger partial charge in [-0.3, -0.25) is 9.59 Å². The summed E-state index contributed by atoms with van der Waals surface area (Å²) in [4.78, 5) is 26.3. The number of hydrogen-bond acceptors (Lipinski definition) is 4. The van der Waals surface area contributed by atoms with Gasteiger partial charge in [0.1, 0.15) is 5.75 Å². The number of carbonyl (C=O) groups is 2. The van der Waals surface area contributed by atoms with Gasteiger partial charge in [-0.1, -0.05) is 18.2 Å². The number of benzene rings is 2. The van der Waals surface area contributed by atoms with Crippen LogP contribution in [0, 0.1) is 6.92 Å². The first-order valence-corrected chi connectivity index (χ1v) is 9.00. The molecule has 0 saturated carbocycles. The molecule has 1 aromatic heterocycles. The number of nitrogens with zero attached hydrogens (tertiary/aromatic N) is 1. The second-order valence-electron chi connectivity index (χ2n) is 6.11. The summed E-state index contributed by atoms with van der Waals surface area (Å²) in [5.74, 6) is 0.346. The van der Waals surface area contributed by atoms with Crippen LogP contribution >= 0.6 is 11.3 Å². The Labute approximate surface area is 156 Å². The molecule has 2 aromatic carbocycles. The van der Waals surface area contributed by atoms with Crippen molar-refractivity contribution in [1.82, 2.24) is 4.90 Å². The van der Waals surface area contributed by atoms with Crippen LogP contribution in [-0.4, -0.2) is 37.4 Å². The highest BCUT2D eigenvalue weighted by atomic mass is 32.1.